The highest BCUT2D eigenvalue weighted by molar-refractivity contribution is 7.17. The maximum Gasteiger partial charge on any atom is 0.341 e. The first kappa shape index (κ1) is 17.1. The molecule has 0 atom stereocenters. The highest BCUT2D eigenvalue weighted by atomic mass is 32.1. The number of fused-ring (bicyclic) bond motifs is 1. The van der Waals surface area contributed by atoms with E-state index in [2.05, 4.69) is 10.3 Å². The third-order valence-corrected chi connectivity index (χ3v) is 5.25. The van der Waals surface area contributed by atoms with Gasteiger partial charge in [0.2, 0.25) is 0 Å². The summed E-state index contributed by atoms with van der Waals surface area (Å²) in [5, 5.41) is 12.2. The van der Waals surface area contributed by atoms with Crippen molar-refractivity contribution in [2.45, 2.75) is 25.7 Å². The van der Waals surface area contributed by atoms with Gasteiger partial charge in [0.25, 0.3) is 5.91 Å². The molecule has 25 heavy (non-hydrogen) atoms. The van der Waals surface area contributed by atoms with Gasteiger partial charge in [-0.25, -0.2) is 9.59 Å². The van der Waals surface area contributed by atoms with Crippen molar-refractivity contribution in [3.63, 3.8) is 0 Å². The Kier molecular flexibility index (Phi) is 4.80. The van der Waals surface area contributed by atoms with Crippen LogP contribution in [0.1, 0.15) is 54.5 Å². The Balaban J connectivity index is 1.98. The number of amides is 1. The topological polar surface area (TPSA) is 106 Å². The van der Waals surface area contributed by atoms with Crippen LogP contribution in [-0.2, 0) is 17.6 Å². The standard InChI is InChI=1S/C17H16N2O5S/c1-24-17(23)12-9-5-2-3-7-11(9)25-15(12)19-14(20)13-10(16(21)22)6-4-8-18-13/h4,6,8H,2-3,5,7H2,1H3,(H,19,20)(H,21,22). The lowest BCUT2D eigenvalue weighted by Crippen LogP contribution is -2.19. The van der Waals surface area contributed by atoms with Crippen LogP contribution in [-0.4, -0.2) is 35.0 Å². The van der Waals surface area contributed by atoms with Gasteiger partial charge in [-0.2, -0.15) is 0 Å². The van der Waals surface area contributed by atoms with Gasteiger partial charge in [0.05, 0.1) is 18.2 Å². The molecule has 0 radical (unpaired) electrons. The third kappa shape index (κ3) is 3.25. The molecule has 1 aliphatic carbocycles. The van der Waals surface area contributed by atoms with Crippen LogP contribution in [0.15, 0.2) is 18.3 Å². The molecule has 7 nitrogen and oxygen atoms in total. The van der Waals surface area contributed by atoms with Crippen molar-refractivity contribution in [3.05, 3.63) is 45.6 Å². The number of pyridine rings is 1. The van der Waals surface area contributed by atoms with E-state index >= 15 is 0 Å². The zero-order valence-electron chi connectivity index (χ0n) is 13.5. The second-order valence-corrected chi connectivity index (χ2v) is 6.67. The molecule has 0 aliphatic heterocycles. The van der Waals surface area contributed by atoms with Crippen LogP contribution < -0.4 is 5.32 Å². The normalized spacial score (nSPS) is 13.0. The zero-order valence-corrected chi connectivity index (χ0v) is 14.3. The van der Waals surface area contributed by atoms with E-state index < -0.39 is 17.8 Å². The van der Waals surface area contributed by atoms with Gasteiger partial charge in [0.1, 0.15) is 10.7 Å². The van der Waals surface area contributed by atoms with Gasteiger partial charge in [-0.05, 0) is 43.4 Å². The van der Waals surface area contributed by atoms with Gasteiger partial charge in [-0.1, -0.05) is 0 Å². The van der Waals surface area contributed by atoms with Gasteiger partial charge in [0.15, 0.2) is 0 Å². The number of carboxylic acids is 1. The van der Waals surface area contributed by atoms with Crippen LogP contribution in [0.5, 0.6) is 0 Å². The number of esters is 1. The molecule has 2 heterocycles. The Morgan fingerprint density at radius 1 is 1.28 bits per heavy atom. The van der Waals surface area contributed by atoms with Gasteiger partial charge >= 0.3 is 11.9 Å². The molecule has 8 heteroatoms. The van der Waals surface area contributed by atoms with Crippen LogP contribution in [0.4, 0.5) is 5.00 Å². The van der Waals surface area contributed by atoms with E-state index in [0.29, 0.717) is 10.6 Å². The number of methoxy groups -OCH3 is 1. The van der Waals surface area contributed by atoms with E-state index in [0.717, 1.165) is 36.1 Å². The number of carboxylic acid groups (broad SMARTS) is 1. The summed E-state index contributed by atoms with van der Waals surface area (Å²) < 4.78 is 4.86. The average Bonchev–Trinajstić information content (AvgIpc) is 2.98. The number of aromatic carboxylic acids is 1. The van der Waals surface area contributed by atoms with Gasteiger partial charge in [0, 0.05) is 11.1 Å². The van der Waals surface area contributed by atoms with E-state index in [4.69, 9.17) is 4.74 Å². The molecule has 2 aromatic rings. The molecule has 2 aromatic heterocycles. The van der Waals surface area contributed by atoms with Gasteiger partial charge in [-0.3, -0.25) is 9.78 Å². The summed E-state index contributed by atoms with van der Waals surface area (Å²) in [6, 6.07) is 2.76. The maximum atomic E-state index is 12.5. The van der Waals surface area contributed by atoms with Crippen molar-refractivity contribution in [1.82, 2.24) is 4.98 Å². The largest absolute Gasteiger partial charge is 0.478 e. The number of carbonyl (C=O) groups is 3. The molecule has 1 amide bonds. The zero-order chi connectivity index (χ0) is 18.0. The number of nitrogens with one attached hydrogen (secondary N) is 1. The minimum absolute atomic E-state index is 0.194. The Bertz CT molecular complexity index is 859. The van der Waals surface area contributed by atoms with E-state index in [1.54, 1.807) is 0 Å². The number of hydrogen-bond acceptors (Lipinski definition) is 6. The molecule has 0 saturated carbocycles. The van der Waals surface area contributed by atoms with Gasteiger partial charge < -0.3 is 15.2 Å². The summed E-state index contributed by atoms with van der Waals surface area (Å²) in [6.07, 6.45) is 4.97. The summed E-state index contributed by atoms with van der Waals surface area (Å²) in [4.78, 5) is 40.9. The van der Waals surface area contributed by atoms with Crippen molar-refractivity contribution >= 4 is 34.2 Å². The monoisotopic (exact) mass is 360 g/mol. The lowest BCUT2D eigenvalue weighted by Gasteiger charge is -2.11. The summed E-state index contributed by atoms with van der Waals surface area (Å²) in [6.45, 7) is 0. The third-order valence-electron chi connectivity index (χ3n) is 4.04. The van der Waals surface area contributed by atoms with Crippen LogP contribution >= 0.6 is 11.3 Å². The molecule has 0 fully saturated rings. The van der Waals surface area contributed by atoms with Crippen LogP contribution in [0, 0.1) is 0 Å². The summed E-state index contributed by atoms with van der Waals surface area (Å²) in [5.41, 5.74) is 0.888. The number of thiophene rings is 1. The number of hydrogen-bond donors (Lipinski definition) is 2. The Morgan fingerprint density at radius 2 is 2.04 bits per heavy atom. The molecule has 0 bridgehead atoms. The van der Waals surface area contributed by atoms with Crippen LogP contribution in [0.2, 0.25) is 0 Å². The predicted molar refractivity (Wildman–Crippen MR) is 91.5 cm³/mol. The summed E-state index contributed by atoms with van der Waals surface area (Å²) >= 11 is 1.33. The molecule has 0 saturated heterocycles. The Labute approximate surface area is 147 Å². The van der Waals surface area contributed by atoms with Crippen molar-refractivity contribution in [3.8, 4) is 0 Å². The van der Waals surface area contributed by atoms with Crippen LogP contribution in [0.25, 0.3) is 0 Å². The number of nitrogens with zero attached hydrogens (tertiary/aromatic N) is 1. The smallest absolute Gasteiger partial charge is 0.341 e. The lowest BCUT2D eigenvalue weighted by molar-refractivity contribution is 0.0600. The van der Waals surface area contributed by atoms with Crippen molar-refractivity contribution in [1.29, 1.82) is 0 Å². The summed E-state index contributed by atoms with van der Waals surface area (Å²) in [5.74, 6) is -2.41. The van der Waals surface area contributed by atoms with E-state index in [1.165, 1.54) is 36.8 Å². The molecule has 3 rings (SSSR count). The molecule has 0 unspecified atom stereocenters. The van der Waals surface area contributed by atoms with E-state index in [9.17, 15) is 19.5 Å². The molecule has 0 aromatic carbocycles. The van der Waals surface area contributed by atoms with E-state index in [-0.39, 0.29) is 11.3 Å². The molecule has 1 aliphatic rings. The lowest BCUT2D eigenvalue weighted by atomic mass is 9.95. The summed E-state index contributed by atoms with van der Waals surface area (Å²) in [7, 11) is 1.29. The highest BCUT2D eigenvalue weighted by Crippen LogP contribution is 2.38. The maximum absolute atomic E-state index is 12.5. The van der Waals surface area contributed by atoms with Crippen molar-refractivity contribution in [2.75, 3.05) is 12.4 Å². The average molecular weight is 360 g/mol. The minimum atomic E-state index is -1.24. The fourth-order valence-electron chi connectivity index (χ4n) is 2.89. The molecular weight excluding hydrogens is 344 g/mol. The number of ether oxygens (including phenoxy) is 1. The second kappa shape index (κ2) is 7.02. The molecule has 130 valence electrons. The first-order chi connectivity index (χ1) is 12.0. The number of carbonyl (C=O) groups excluding carboxylic acids is 2. The Hall–Kier alpha value is -2.74. The number of anilines is 1. The van der Waals surface area contributed by atoms with Gasteiger partial charge in [-0.15, -0.1) is 11.3 Å². The SMILES string of the molecule is COC(=O)c1c(NC(=O)c2ncccc2C(=O)O)sc2c1CCCC2. The highest BCUT2D eigenvalue weighted by Gasteiger charge is 2.28. The first-order valence-corrected chi connectivity index (χ1v) is 8.57. The number of aromatic nitrogens is 1. The number of aryl methyl sites for hydroxylation is 1. The molecular formula is C17H16N2O5S. The quantitative estimate of drug-likeness (QED) is 0.812. The second-order valence-electron chi connectivity index (χ2n) is 5.57. The molecule has 0 spiro atoms. The first-order valence-electron chi connectivity index (χ1n) is 7.75. The number of rotatable bonds is 4. The molecule has 2 N–H and O–H groups in total. The minimum Gasteiger partial charge on any atom is -0.478 e. The predicted octanol–water partition coefficient (Wildman–Crippen LogP) is 2.76. The van der Waals surface area contributed by atoms with Crippen molar-refractivity contribution < 1.29 is 24.2 Å². The Morgan fingerprint density at radius 3 is 2.76 bits per heavy atom. The fourth-order valence-corrected chi connectivity index (χ4v) is 4.17. The van der Waals surface area contributed by atoms with Crippen LogP contribution in [0.3, 0.4) is 0 Å². The fraction of sp³-hybridized carbons (Fsp3) is 0.294. The van der Waals surface area contributed by atoms with Crippen molar-refractivity contribution in [2.24, 2.45) is 0 Å². The van der Waals surface area contributed by atoms with E-state index in [1.807, 2.05) is 0 Å².